The van der Waals surface area contributed by atoms with Crippen LogP contribution in [0.2, 0.25) is 10.0 Å². The molecule has 0 saturated carbocycles. The Morgan fingerprint density at radius 1 is 1.12 bits per heavy atom. The van der Waals surface area contributed by atoms with Gasteiger partial charge in [0, 0.05) is 31.2 Å². The minimum Gasteiger partial charge on any atom is -0.484 e. The molecular formula is C16H17Cl2N5O2. The Labute approximate surface area is 155 Å². The summed E-state index contributed by atoms with van der Waals surface area (Å²) in [5, 5.41) is 0.965. The maximum absolute atomic E-state index is 12.3. The highest BCUT2D eigenvalue weighted by Crippen LogP contribution is 2.27. The van der Waals surface area contributed by atoms with Crippen molar-refractivity contribution < 1.29 is 9.53 Å². The first-order valence-electron chi connectivity index (χ1n) is 7.71. The van der Waals surface area contributed by atoms with Gasteiger partial charge in [0.1, 0.15) is 22.9 Å². The standard InChI is InChI=1S/C16H17Cl2N5O2/c17-11-1-3-12(4-2-11)25-9-13(24)22-5-7-23(8-6-22)16-14(18)15(19)20-10-21-16/h1-4,10H,5-9H2,(H2,19,20,21). The molecule has 1 aliphatic rings. The molecule has 25 heavy (non-hydrogen) atoms. The molecule has 0 unspecified atom stereocenters. The summed E-state index contributed by atoms with van der Waals surface area (Å²) < 4.78 is 5.50. The van der Waals surface area contributed by atoms with Crippen molar-refractivity contribution in [2.24, 2.45) is 0 Å². The van der Waals surface area contributed by atoms with Crippen LogP contribution in [-0.4, -0.2) is 53.6 Å². The van der Waals surface area contributed by atoms with E-state index in [0.29, 0.717) is 47.8 Å². The number of anilines is 2. The number of piperazine rings is 1. The minimum atomic E-state index is -0.0668. The van der Waals surface area contributed by atoms with E-state index in [0.717, 1.165) is 0 Å². The molecule has 9 heteroatoms. The highest BCUT2D eigenvalue weighted by Gasteiger charge is 2.24. The van der Waals surface area contributed by atoms with Crippen LogP contribution < -0.4 is 15.4 Å². The van der Waals surface area contributed by atoms with Crippen molar-refractivity contribution in [2.75, 3.05) is 43.4 Å². The van der Waals surface area contributed by atoms with E-state index < -0.39 is 0 Å². The van der Waals surface area contributed by atoms with Crippen LogP contribution in [0.3, 0.4) is 0 Å². The summed E-state index contributed by atoms with van der Waals surface area (Å²) in [6, 6.07) is 6.90. The molecule has 2 aromatic rings. The van der Waals surface area contributed by atoms with E-state index in [2.05, 4.69) is 9.97 Å². The number of amides is 1. The minimum absolute atomic E-state index is 0.0111. The van der Waals surface area contributed by atoms with Gasteiger partial charge < -0.3 is 20.3 Å². The Bertz CT molecular complexity index is 749. The van der Waals surface area contributed by atoms with Gasteiger partial charge >= 0.3 is 0 Å². The lowest BCUT2D eigenvalue weighted by molar-refractivity contribution is -0.133. The van der Waals surface area contributed by atoms with Crippen molar-refractivity contribution in [2.45, 2.75) is 0 Å². The molecule has 7 nitrogen and oxygen atoms in total. The van der Waals surface area contributed by atoms with E-state index in [1.807, 2.05) is 4.90 Å². The first-order valence-corrected chi connectivity index (χ1v) is 8.47. The van der Waals surface area contributed by atoms with Gasteiger partial charge in [0.2, 0.25) is 0 Å². The number of carbonyl (C=O) groups excluding carboxylic acids is 1. The fourth-order valence-electron chi connectivity index (χ4n) is 2.53. The van der Waals surface area contributed by atoms with Crippen LogP contribution in [0.1, 0.15) is 0 Å². The third-order valence-electron chi connectivity index (χ3n) is 3.91. The number of hydrogen-bond donors (Lipinski definition) is 1. The van der Waals surface area contributed by atoms with E-state index in [9.17, 15) is 4.79 Å². The largest absolute Gasteiger partial charge is 0.484 e. The van der Waals surface area contributed by atoms with Gasteiger partial charge in [-0.2, -0.15) is 0 Å². The lowest BCUT2D eigenvalue weighted by Gasteiger charge is -2.35. The lowest BCUT2D eigenvalue weighted by atomic mass is 10.3. The van der Waals surface area contributed by atoms with Crippen molar-refractivity contribution in [1.29, 1.82) is 0 Å². The van der Waals surface area contributed by atoms with E-state index >= 15 is 0 Å². The number of nitrogens with two attached hydrogens (primary N) is 1. The Morgan fingerprint density at radius 2 is 1.80 bits per heavy atom. The summed E-state index contributed by atoms with van der Waals surface area (Å²) in [7, 11) is 0. The van der Waals surface area contributed by atoms with Gasteiger partial charge in [0.25, 0.3) is 5.91 Å². The summed E-state index contributed by atoms with van der Waals surface area (Å²) in [4.78, 5) is 24.1. The molecule has 1 aliphatic heterocycles. The number of nitrogens with zero attached hydrogens (tertiary/aromatic N) is 4. The van der Waals surface area contributed by atoms with Crippen molar-refractivity contribution >= 4 is 40.7 Å². The third kappa shape index (κ3) is 4.24. The number of nitrogen functional groups attached to an aromatic ring is 1. The van der Waals surface area contributed by atoms with Crippen molar-refractivity contribution in [1.82, 2.24) is 14.9 Å². The Morgan fingerprint density at radius 3 is 2.48 bits per heavy atom. The van der Waals surface area contributed by atoms with Gasteiger partial charge in [-0.1, -0.05) is 23.2 Å². The molecule has 0 atom stereocenters. The van der Waals surface area contributed by atoms with E-state index in [4.69, 9.17) is 33.7 Å². The second-order valence-electron chi connectivity index (χ2n) is 5.51. The molecule has 0 spiro atoms. The van der Waals surface area contributed by atoms with Crippen LogP contribution in [0.4, 0.5) is 11.6 Å². The summed E-state index contributed by atoms with van der Waals surface area (Å²) >= 11 is 12.0. The monoisotopic (exact) mass is 381 g/mol. The molecule has 132 valence electrons. The van der Waals surface area contributed by atoms with Crippen LogP contribution in [0, 0.1) is 0 Å². The molecule has 3 rings (SSSR count). The molecule has 1 aromatic heterocycles. The SMILES string of the molecule is Nc1ncnc(N2CCN(C(=O)COc3ccc(Cl)cc3)CC2)c1Cl. The molecule has 1 aromatic carbocycles. The summed E-state index contributed by atoms with van der Waals surface area (Å²) in [6.07, 6.45) is 1.38. The molecule has 2 heterocycles. The Balaban J connectivity index is 1.52. The number of carbonyl (C=O) groups is 1. The normalized spacial score (nSPS) is 14.5. The molecule has 1 saturated heterocycles. The van der Waals surface area contributed by atoms with Crippen molar-refractivity contribution in [3.8, 4) is 5.75 Å². The molecule has 0 bridgehead atoms. The molecular weight excluding hydrogens is 365 g/mol. The van der Waals surface area contributed by atoms with Crippen LogP contribution in [0.5, 0.6) is 5.75 Å². The maximum Gasteiger partial charge on any atom is 0.260 e. The zero-order chi connectivity index (χ0) is 17.8. The van der Waals surface area contributed by atoms with Crippen LogP contribution in [-0.2, 0) is 4.79 Å². The molecule has 2 N–H and O–H groups in total. The zero-order valence-electron chi connectivity index (χ0n) is 13.4. The average molecular weight is 382 g/mol. The zero-order valence-corrected chi connectivity index (χ0v) is 14.9. The number of hydrogen-bond acceptors (Lipinski definition) is 6. The summed E-state index contributed by atoms with van der Waals surface area (Å²) in [5.41, 5.74) is 5.71. The molecule has 1 amide bonds. The predicted octanol–water partition coefficient (Wildman–Crippen LogP) is 2.09. The number of benzene rings is 1. The fourth-order valence-corrected chi connectivity index (χ4v) is 2.87. The number of aromatic nitrogens is 2. The fraction of sp³-hybridized carbons (Fsp3) is 0.312. The summed E-state index contributed by atoms with van der Waals surface area (Å²) in [6.45, 7) is 2.33. The average Bonchev–Trinajstić information content (AvgIpc) is 2.63. The van der Waals surface area contributed by atoms with E-state index in [-0.39, 0.29) is 18.3 Å². The van der Waals surface area contributed by atoms with Crippen molar-refractivity contribution in [3.05, 3.63) is 40.6 Å². The molecule has 1 fully saturated rings. The van der Waals surface area contributed by atoms with Gasteiger partial charge in [-0.25, -0.2) is 9.97 Å². The van der Waals surface area contributed by atoms with E-state index in [1.165, 1.54) is 6.33 Å². The number of halogens is 2. The summed E-state index contributed by atoms with van der Waals surface area (Å²) in [5.74, 6) is 1.39. The first kappa shape index (κ1) is 17.6. The van der Waals surface area contributed by atoms with Crippen LogP contribution >= 0.6 is 23.2 Å². The Hall–Kier alpha value is -2.25. The molecule has 0 radical (unpaired) electrons. The van der Waals surface area contributed by atoms with Crippen LogP contribution in [0.15, 0.2) is 30.6 Å². The molecule has 0 aliphatic carbocycles. The van der Waals surface area contributed by atoms with Gasteiger partial charge in [-0.3, -0.25) is 4.79 Å². The maximum atomic E-state index is 12.3. The lowest BCUT2D eigenvalue weighted by Crippen LogP contribution is -2.50. The number of rotatable bonds is 4. The van der Waals surface area contributed by atoms with Crippen molar-refractivity contribution in [3.63, 3.8) is 0 Å². The smallest absolute Gasteiger partial charge is 0.260 e. The predicted molar refractivity (Wildman–Crippen MR) is 97.2 cm³/mol. The highest BCUT2D eigenvalue weighted by molar-refractivity contribution is 6.35. The van der Waals surface area contributed by atoms with Gasteiger partial charge in [-0.15, -0.1) is 0 Å². The van der Waals surface area contributed by atoms with Gasteiger partial charge in [-0.05, 0) is 24.3 Å². The van der Waals surface area contributed by atoms with Gasteiger partial charge in [0.05, 0.1) is 0 Å². The number of ether oxygens (including phenoxy) is 1. The quantitative estimate of drug-likeness (QED) is 0.872. The topological polar surface area (TPSA) is 84.6 Å². The Kier molecular flexibility index (Phi) is 5.45. The second-order valence-corrected chi connectivity index (χ2v) is 6.32. The van der Waals surface area contributed by atoms with Gasteiger partial charge in [0.15, 0.2) is 12.4 Å². The third-order valence-corrected chi connectivity index (χ3v) is 4.52. The van der Waals surface area contributed by atoms with Crippen LogP contribution in [0.25, 0.3) is 0 Å². The second kappa shape index (κ2) is 7.76. The highest BCUT2D eigenvalue weighted by atomic mass is 35.5. The van der Waals surface area contributed by atoms with E-state index in [1.54, 1.807) is 29.2 Å². The first-order chi connectivity index (χ1) is 12.0.